The number of nitrogens with zero attached hydrogens (tertiary/aromatic N) is 4. The van der Waals surface area contributed by atoms with Gasteiger partial charge in [-0.25, -0.2) is 4.98 Å². The summed E-state index contributed by atoms with van der Waals surface area (Å²) in [6.45, 7) is 0.0592. The Morgan fingerprint density at radius 3 is 2.53 bits per heavy atom. The third-order valence-electron chi connectivity index (χ3n) is 5.05. The summed E-state index contributed by atoms with van der Waals surface area (Å²) in [5.74, 6) is -1.16. The first kappa shape index (κ1) is 20.7. The highest BCUT2D eigenvalue weighted by atomic mass is 35.5. The molecule has 156 valence electrons. The van der Waals surface area contributed by atoms with E-state index in [1.165, 1.54) is 10.9 Å². The summed E-state index contributed by atoms with van der Waals surface area (Å²) in [6.07, 6.45) is 1.08. The quantitative estimate of drug-likeness (QED) is 0.416. The Morgan fingerprint density at radius 2 is 1.87 bits per heavy atom. The van der Waals surface area contributed by atoms with Crippen molar-refractivity contribution in [2.75, 3.05) is 11.9 Å². The highest BCUT2D eigenvalue weighted by Crippen LogP contribution is 2.39. The number of aliphatic hydroxyl groups excluding tert-OH is 1. The highest BCUT2D eigenvalue weighted by Gasteiger charge is 2.45. The van der Waals surface area contributed by atoms with Crippen molar-refractivity contribution in [2.24, 2.45) is 11.8 Å². The van der Waals surface area contributed by atoms with Gasteiger partial charge in [0.1, 0.15) is 18.8 Å². The monoisotopic (exact) mass is 449 g/mol. The van der Waals surface area contributed by atoms with Crippen molar-refractivity contribution in [3.63, 3.8) is 0 Å². The molecule has 9 nitrogen and oxygen atoms in total. The zero-order chi connectivity index (χ0) is 21.3. The second-order valence-corrected chi connectivity index (χ2v) is 7.59. The van der Waals surface area contributed by atoms with E-state index in [-0.39, 0.29) is 11.9 Å². The molecule has 4 atom stereocenters. The molecule has 1 fully saturated rings. The number of aldehydes is 2. The zero-order valence-electron chi connectivity index (χ0n) is 15.5. The van der Waals surface area contributed by atoms with Crippen LogP contribution in [-0.4, -0.2) is 49.9 Å². The second kappa shape index (κ2) is 8.65. The molecule has 0 unspecified atom stereocenters. The van der Waals surface area contributed by atoms with Crippen molar-refractivity contribution in [1.29, 1.82) is 0 Å². The molecule has 0 radical (unpaired) electrons. The second-order valence-electron chi connectivity index (χ2n) is 6.82. The van der Waals surface area contributed by atoms with E-state index in [0.717, 1.165) is 5.56 Å². The molecule has 1 aromatic carbocycles. The van der Waals surface area contributed by atoms with Gasteiger partial charge in [-0.3, -0.25) is 4.57 Å². The smallest absolute Gasteiger partial charge is 0.226 e. The van der Waals surface area contributed by atoms with Crippen LogP contribution in [0.5, 0.6) is 0 Å². The normalized spacial score (nSPS) is 23.6. The molecule has 0 aliphatic carbocycles. The number of anilines is 1. The number of carbonyl (C=O) groups excluding carboxylic acids is 2. The molecule has 4 rings (SSSR count). The molecule has 2 N–H and O–H groups in total. The van der Waals surface area contributed by atoms with E-state index in [0.29, 0.717) is 41.1 Å². The average molecular weight is 450 g/mol. The molecular formula is C19H17Cl2N5O4. The van der Waals surface area contributed by atoms with Gasteiger partial charge in [0.2, 0.25) is 5.28 Å². The van der Waals surface area contributed by atoms with Crippen LogP contribution < -0.4 is 5.32 Å². The van der Waals surface area contributed by atoms with Crippen LogP contribution in [-0.2, 0) is 20.9 Å². The van der Waals surface area contributed by atoms with Crippen LogP contribution in [0.2, 0.25) is 10.3 Å². The SMILES string of the molecule is O=C[C@@H]1[C@H](C=O)[C@H](CO)O[C@H]1n1cnc2c(NCc3ccc(Cl)cc3)nc(Cl)nc21. The Hall–Kier alpha value is -2.59. The van der Waals surface area contributed by atoms with Crippen molar-refractivity contribution in [2.45, 2.75) is 18.9 Å². The van der Waals surface area contributed by atoms with Crippen LogP contribution in [0.1, 0.15) is 11.8 Å². The number of carbonyl (C=O) groups is 2. The van der Waals surface area contributed by atoms with Gasteiger partial charge >= 0.3 is 0 Å². The minimum absolute atomic E-state index is 0.0193. The van der Waals surface area contributed by atoms with Crippen molar-refractivity contribution < 1.29 is 19.4 Å². The molecule has 0 bridgehead atoms. The van der Waals surface area contributed by atoms with Gasteiger partial charge in [0, 0.05) is 11.6 Å². The van der Waals surface area contributed by atoms with E-state index in [2.05, 4.69) is 20.3 Å². The van der Waals surface area contributed by atoms with Crippen molar-refractivity contribution >= 4 is 52.8 Å². The van der Waals surface area contributed by atoms with Crippen LogP contribution in [0.25, 0.3) is 11.2 Å². The highest BCUT2D eigenvalue weighted by molar-refractivity contribution is 6.30. The lowest BCUT2D eigenvalue weighted by atomic mass is 9.92. The van der Waals surface area contributed by atoms with Crippen LogP contribution in [0.15, 0.2) is 30.6 Å². The predicted octanol–water partition coefficient (Wildman–Crippen LogP) is 2.27. The number of halogens is 2. The summed E-state index contributed by atoms with van der Waals surface area (Å²) in [5.41, 5.74) is 1.74. The Kier molecular flexibility index (Phi) is 5.96. The minimum Gasteiger partial charge on any atom is -0.394 e. The number of nitrogens with one attached hydrogen (secondary N) is 1. The largest absolute Gasteiger partial charge is 0.394 e. The van der Waals surface area contributed by atoms with Crippen molar-refractivity contribution in [3.05, 3.63) is 46.5 Å². The molecule has 2 aromatic heterocycles. The summed E-state index contributed by atoms with van der Waals surface area (Å²) in [6, 6.07) is 7.33. The Balaban J connectivity index is 1.67. The number of hydrogen-bond acceptors (Lipinski definition) is 8. The lowest BCUT2D eigenvalue weighted by molar-refractivity contribution is -0.119. The van der Waals surface area contributed by atoms with Gasteiger partial charge in [-0.15, -0.1) is 0 Å². The van der Waals surface area contributed by atoms with Gasteiger partial charge in [0.25, 0.3) is 0 Å². The maximum Gasteiger partial charge on any atom is 0.226 e. The van der Waals surface area contributed by atoms with Crippen LogP contribution in [0, 0.1) is 11.8 Å². The molecule has 3 aromatic rings. The van der Waals surface area contributed by atoms with Gasteiger partial charge in [-0.1, -0.05) is 23.7 Å². The summed E-state index contributed by atoms with van der Waals surface area (Å²) < 4.78 is 7.29. The fraction of sp³-hybridized carbons (Fsp3) is 0.316. The predicted molar refractivity (Wildman–Crippen MR) is 109 cm³/mol. The molecule has 30 heavy (non-hydrogen) atoms. The van der Waals surface area contributed by atoms with E-state index in [4.69, 9.17) is 27.9 Å². The van der Waals surface area contributed by atoms with Gasteiger partial charge in [-0.2, -0.15) is 9.97 Å². The molecule has 1 aliphatic rings. The fourth-order valence-electron chi connectivity index (χ4n) is 3.54. The maximum absolute atomic E-state index is 11.7. The third-order valence-corrected chi connectivity index (χ3v) is 5.47. The number of rotatable bonds is 7. The van der Waals surface area contributed by atoms with Crippen LogP contribution >= 0.6 is 23.2 Å². The number of aliphatic hydroxyl groups is 1. The number of imidazole rings is 1. The Labute approximate surface area is 181 Å². The number of benzene rings is 1. The fourth-order valence-corrected chi connectivity index (χ4v) is 3.83. The first-order valence-corrected chi connectivity index (χ1v) is 9.86. The molecule has 0 amide bonds. The molecule has 0 saturated carbocycles. The topological polar surface area (TPSA) is 119 Å². The summed E-state index contributed by atoms with van der Waals surface area (Å²) >= 11 is 12.0. The number of fused-ring (bicyclic) bond motifs is 1. The maximum atomic E-state index is 11.7. The standard InChI is InChI=1S/C19H17Cl2N5O4/c20-11-3-1-10(2-4-11)5-22-16-15-17(25-19(21)24-16)26(9-23-15)18-13(7-28)12(6-27)14(8-29)30-18/h1-4,6-7,9,12-14,18,29H,5,8H2,(H,22,24,25)/t12-,13+,14-,18+/m0/s1. The number of aromatic nitrogens is 4. The van der Waals surface area contributed by atoms with Crippen molar-refractivity contribution in [1.82, 2.24) is 19.5 Å². The van der Waals surface area contributed by atoms with Gasteiger partial charge < -0.3 is 24.7 Å². The first-order chi connectivity index (χ1) is 14.5. The van der Waals surface area contributed by atoms with Crippen LogP contribution in [0.4, 0.5) is 5.82 Å². The van der Waals surface area contributed by atoms with E-state index < -0.39 is 24.2 Å². The summed E-state index contributed by atoms with van der Waals surface area (Å²) in [5, 5.41) is 13.3. The molecular weight excluding hydrogens is 433 g/mol. The molecule has 1 saturated heterocycles. The molecule has 0 spiro atoms. The Bertz CT molecular complexity index is 1070. The van der Waals surface area contributed by atoms with Crippen LogP contribution in [0.3, 0.4) is 0 Å². The van der Waals surface area contributed by atoms with E-state index in [1.54, 1.807) is 12.1 Å². The first-order valence-electron chi connectivity index (χ1n) is 9.11. The molecule has 3 heterocycles. The summed E-state index contributed by atoms with van der Waals surface area (Å²) in [4.78, 5) is 35.9. The lowest BCUT2D eigenvalue weighted by Gasteiger charge is -2.17. The third kappa shape index (κ3) is 3.77. The van der Waals surface area contributed by atoms with Gasteiger partial charge in [0.15, 0.2) is 17.0 Å². The lowest BCUT2D eigenvalue weighted by Crippen LogP contribution is -2.26. The Morgan fingerprint density at radius 1 is 1.13 bits per heavy atom. The average Bonchev–Trinajstić information content (AvgIpc) is 3.33. The van der Waals surface area contributed by atoms with E-state index >= 15 is 0 Å². The number of ether oxygens (including phenoxy) is 1. The summed E-state index contributed by atoms with van der Waals surface area (Å²) in [7, 11) is 0. The molecule has 1 aliphatic heterocycles. The van der Waals surface area contributed by atoms with Crippen molar-refractivity contribution in [3.8, 4) is 0 Å². The van der Waals surface area contributed by atoms with E-state index in [9.17, 15) is 14.7 Å². The minimum atomic E-state index is -0.852. The van der Waals surface area contributed by atoms with Gasteiger partial charge in [-0.05, 0) is 29.3 Å². The van der Waals surface area contributed by atoms with Gasteiger partial charge in [0.05, 0.1) is 30.9 Å². The van der Waals surface area contributed by atoms with E-state index in [1.807, 2.05) is 12.1 Å². The number of hydrogen-bond donors (Lipinski definition) is 2. The zero-order valence-corrected chi connectivity index (χ0v) is 17.0. The molecule has 11 heteroatoms.